The summed E-state index contributed by atoms with van der Waals surface area (Å²) in [6.45, 7) is 3.29. The van der Waals surface area contributed by atoms with Gasteiger partial charge in [0.1, 0.15) is 0 Å². The van der Waals surface area contributed by atoms with Crippen LogP contribution in [0.2, 0.25) is 0 Å². The predicted molar refractivity (Wildman–Crippen MR) is 64.9 cm³/mol. The van der Waals surface area contributed by atoms with Crippen molar-refractivity contribution in [3.8, 4) is 0 Å². The minimum absolute atomic E-state index is 0.0404. The molecule has 0 aliphatic carbocycles. The second kappa shape index (κ2) is 4.61. The lowest BCUT2D eigenvalue weighted by Crippen LogP contribution is -2.28. The summed E-state index contributed by atoms with van der Waals surface area (Å²) in [4.78, 5) is 16.0. The summed E-state index contributed by atoms with van der Waals surface area (Å²) in [5, 5.41) is 0. The van der Waals surface area contributed by atoms with E-state index in [0.717, 1.165) is 25.1 Å². The Morgan fingerprint density at radius 3 is 3.20 bits per heavy atom. The van der Waals surface area contributed by atoms with E-state index in [1.165, 1.54) is 0 Å². The molecular weight excluding hydrogens is 307 g/mol. The van der Waals surface area contributed by atoms with Crippen LogP contribution in [0.5, 0.6) is 0 Å². The number of hydrogen-bond acceptors (Lipinski definition) is 3. The fraction of sp³-hybridized carbons (Fsp3) is 0.600. The van der Waals surface area contributed by atoms with Crippen molar-refractivity contribution < 1.29 is 4.74 Å². The first kappa shape index (κ1) is 11.1. The second-order valence-electron chi connectivity index (χ2n) is 3.74. The van der Waals surface area contributed by atoms with Gasteiger partial charge >= 0.3 is 0 Å². The van der Waals surface area contributed by atoms with Gasteiger partial charge in [0.05, 0.1) is 28.2 Å². The molecule has 0 amide bonds. The van der Waals surface area contributed by atoms with E-state index >= 15 is 0 Å². The number of aromatic nitrogens is 2. The van der Waals surface area contributed by atoms with Gasteiger partial charge in [0, 0.05) is 6.61 Å². The largest absolute Gasteiger partial charge is 0.376 e. The zero-order valence-corrected chi connectivity index (χ0v) is 10.7. The molecule has 4 nitrogen and oxygen atoms in total. The van der Waals surface area contributed by atoms with Crippen molar-refractivity contribution in [3.63, 3.8) is 0 Å². The molecule has 0 radical (unpaired) electrons. The van der Waals surface area contributed by atoms with Gasteiger partial charge in [0.15, 0.2) is 0 Å². The molecule has 5 heteroatoms. The van der Waals surface area contributed by atoms with Crippen LogP contribution in [0.1, 0.15) is 18.5 Å². The molecule has 1 aromatic heterocycles. The Bertz CT molecular complexity index is 410. The van der Waals surface area contributed by atoms with Crippen molar-refractivity contribution in [2.45, 2.75) is 32.4 Å². The number of rotatable bonds is 2. The van der Waals surface area contributed by atoms with Crippen LogP contribution in [0.25, 0.3) is 0 Å². The first-order valence-electron chi connectivity index (χ1n) is 5.01. The predicted octanol–water partition coefficient (Wildman–Crippen LogP) is 1.34. The lowest BCUT2D eigenvalue weighted by atomic mass is 10.2. The molecule has 0 spiro atoms. The molecule has 1 aliphatic heterocycles. The summed E-state index contributed by atoms with van der Waals surface area (Å²) in [6.07, 6.45) is 3.93. The third-order valence-corrected chi connectivity index (χ3v) is 3.82. The van der Waals surface area contributed by atoms with Crippen molar-refractivity contribution in [2.75, 3.05) is 6.61 Å². The van der Waals surface area contributed by atoms with Gasteiger partial charge in [-0.15, -0.1) is 0 Å². The van der Waals surface area contributed by atoms with Crippen LogP contribution < -0.4 is 5.56 Å². The smallest absolute Gasteiger partial charge is 0.267 e. The van der Waals surface area contributed by atoms with Crippen LogP contribution in [0, 0.1) is 10.5 Å². The molecule has 1 saturated heterocycles. The third kappa shape index (κ3) is 2.39. The van der Waals surface area contributed by atoms with Crippen LogP contribution in [0.15, 0.2) is 11.1 Å². The van der Waals surface area contributed by atoms with Crippen molar-refractivity contribution >= 4 is 22.6 Å². The summed E-state index contributed by atoms with van der Waals surface area (Å²) in [6, 6.07) is 0. The number of halogens is 1. The average Bonchev–Trinajstić information content (AvgIpc) is 2.72. The quantitative estimate of drug-likeness (QED) is 0.773. The average molecular weight is 320 g/mol. The van der Waals surface area contributed by atoms with Crippen LogP contribution >= 0.6 is 22.6 Å². The topological polar surface area (TPSA) is 44.1 Å². The van der Waals surface area contributed by atoms with Crippen LogP contribution in [-0.4, -0.2) is 22.3 Å². The summed E-state index contributed by atoms with van der Waals surface area (Å²) in [5.74, 6) is 0. The standard InChI is InChI=1S/C10H13IN2O2/c1-7-9(11)10(14)13(6-12-7)5-8-3-2-4-15-8/h6,8H,2-5H2,1H3. The molecule has 1 atom stereocenters. The Balaban J connectivity index is 2.21. The Morgan fingerprint density at radius 2 is 2.53 bits per heavy atom. The van der Waals surface area contributed by atoms with E-state index in [0.29, 0.717) is 10.1 Å². The van der Waals surface area contributed by atoms with Crippen molar-refractivity contribution in [2.24, 2.45) is 0 Å². The SMILES string of the molecule is Cc1ncn(CC2CCCO2)c(=O)c1I. The van der Waals surface area contributed by atoms with Gasteiger partial charge in [0.2, 0.25) is 0 Å². The number of ether oxygens (including phenoxy) is 1. The third-order valence-electron chi connectivity index (χ3n) is 2.58. The summed E-state index contributed by atoms with van der Waals surface area (Å²) in [7, 11) is 0. The molecule has 82 valence electrons. The molecule has 1 aliphatic rings. The van der Waals surface area contributed by atoms with Crippen molar-refractivity contribution in [1.29, 1.82) is 0 Å². The molecule has 0 bridgehead atoms. The molecule has 0 saturated carbocycles. The maximum absolute atomic E-state index is 11.8. The fourth-order valence-corrected chi connectivity index (χ4v) is 2.13. The highest BCUT2D eigenvalue weighted by atomic mass is 127. The van der Waals surface area contributed by atoms with Gasteiger partial charge in [-0.25, -0.2) is 4.98 Å². The van der Waals surface area contributed by atoms with E-state index in [2.05, 4.69) is 4.98 Å². The van der Waals surface area contributed by atoms with Crippen LogP contribution in [0.4, 0.5) is 0 Å². The molecular formula is C10H13IN2O2. The van der Waals surface area contributed by atoms with E-state index in [9.17, 15) is 4.79 Å². The lowest BCUT2D eigenvalue weighted by molar-refractivity contribution is 0.0958. The molecule has 0 aromatic carbocycles. The summed E-state index contributed by atoms with van der Waals surface area (Å²) < 4.78 is 7.84. The Hall–Kier alpha value is -0.430. The minimum atomic E-state index is 0.0404. The minimum Gasteiger partial charge on any atom is -0.376 e. The molecule has 1 unspecified atom stereocenters. The van der Waals surface area contributed by atoms with E-state index in [-0.39, 0.29) is 11.7 Å². The Labute approximate surface area is 102 Å². The summed E-state index contributed by atoms with van der Waals surface area (Å²) >= 11 is 2.04. The molecule has 1 aromatic rings. The highest BCUT2D eigenvalue weighted by Crippen LogP contribution is 2.13. The van der Waals surface area contributed by atoms with Gasteiger partial charge in [-0.1, -0.05) is 0 Å². The Morgan fingerprint density at radius 1 is 1.73 bits per heavy atom. The zero-order valence-electron chi connectivity index (χ0n) is 8.57. The molecule has 2 rings (SSSR count). The maximum atomic E-state index is 11.8. The normalized spacial score (nSPS) is 20.8. The zero-order chi connectivity index (χ0) is 10.8. The number of nitrogens with zero attached hydrogens (tertiary/aromatic N) is 2. The first-order valence-corrected chi connectivity index (χ1v) is 6.09. The summed E-state index contributed by atoms with van der Waals surface area (Å²) in [5.41, 5.74) is 0.836. The molecule has 1 fully saturated rings. The number of hydrogen-bond donors (Lipinski definition) is 0. The Kier molecular flexibility index (Phi) is 3.40. The van der Waals surface area contributed by atoms with E-state index in [1.54, 1.807) is 10.9 Å². The highest BCUT2D eigenvalue weighted by Gasteiger charge is 2.17. The van der Waals surface area contributed by atoms with Gasteiger partial charge in [-0.2, -0.15) is 0 Å². The molecule has 2 heterocycles. The van der Waals surface area contributed by atoms with Crippen LogP contribution in [0.3, 0.4) is 0 Å². The van der Waals surface area contributed by atoms with Gasteiger partial charge in [0.25, 0.3) is 5.56 Å². The van der Waals surface area contributed by atoms with Crippen molar-refractivity contribution in [1.82, 2.24) is 9.55 Å². The molecule has 15 heavy (non-hydrogen) atoms. The van der Waals surface area contributed by atoms with Crippen molar-refractivity contribution in [3.05, 3.63) is 25.9 Å². The van der Waals surface area contributed by atoms with E-state index in [1.807, 2.05) is 29.5 Å². The molecule has 0 N–H and O–H groups in total. The lowest BCUT2D eigenvalue weighted by Gasteiger charge is -2.11. The highest BCUT2D eigenvalue weighted by molar-refractivity contribution is 14.1. The first-order chi connectivity index (χ1) is 7.18. The fourth-order valence-electron chi connectivity index (χ4n) is 1.68. The van der Waals surface area contributed by atoms with Crippen LogP contribution in [-0.2, 0) is 11.3 Å². The van der Waals surface area contributed by atoms with E-state index in [4.69, 9.17) is 4.74 Å². The monoisotopic (exact) mass is 320 g/mol. The van der Waals surface area contributed by atoms with Gasteiger partial charge in [-0.05, 0) is 42.4 Å². The second-order valence-corrected chi connectivity index (χ2v) is 4.82. The van der Waals surface area contributed by atoms with E-state index < -0.39 is 0 Å². The maximum Gasteiger partial charge on any atom is 0.267 e. The van der Waals surface area contributed by atoms with Gasteiger partial charge in [-0.3, -0.25) is 9.36 Å². The van der Waals surface area contributed by atoms with Gasteiger partial charge < -0.3 is 4.74 Å². The number of aryl methyl sites for hydroxylation is 1.